The minimum absolute atomic E-state index is 0.101. The molecule has 0 radical (unpaired) electrons. The van der Waals surface area contributed by atoms with Crippen LogP contribution in [0.15, 0.2) is 48.5 Å². The topological polar surface area (TPSA) is 53.3 Å². The normalized spacial score (nSPS) is 9.76. The van der Waals surface area contributed by atoms with E-state index in [1.165, 1.54) is 4.90 Å². The van der Waals surface area contributed by atoms with Crippen LogP contribution in [0, 0.1) is 11.3 Å². The van der Waals surface area contributed by atoms with E-state index < -0.39 is 0 Å². The molecular formula is C17H16N2O2. The molecule has 0 saturated carbocycles. The Labute approximate surface area is 124 Å². The van der Waals surface area contributed by atoms with Crippen molar-refractivity contribution >= 4 is 5.91 Å². The van der Waals surface area contributed by atoms with Crippen LogP contribution in [0.25, 0.3) is 0 Å². The Bertz CT molecular complexity index is 687. The summed E-state index contributed by atoms with van der Waals surface area (Å²) in [6.45, 7) is 0.313. The van der Waals surface area contributed by atoms with Gasteiger partial charge < -0.3 is 9.64 Å². The van der Waals surface area contributed by atoms with Crippen LogP contribution >= 0.6 is 0 Å². The van der Waals surface area contributed by atoms with Crippen molar-refractivity contribution in [1.29, 1.82) is 5.26 Å². The van der Waals surface area contributed by atoms with Crippen LogP contribution in [0.1, 0.15) is 21.5 Å². The lowest BCUT2D eigenvalue weighted by atomic mass is 10.1. The van der Waals surface area contributed by atoms with Gasteiger partial charge in [-0.25, -0.2) is 0 Å². The fourth-order valence-corrected chi connectivity index (χ4v) is 1.90. The van der Waals surface area contributed by atoms with Crippen molar-refractivity contribution < 1.29 is 9.53 Å². The molecule has 0 heterocycles. The fourth-order valence-electron chi connectivity index (χ4n) is 1.90. The van der Waals surface area contributed by atoms with E-state index in [1.54, 1.807) is 44.4 Å². The molecule has 0 aliphatic rings. The van der Waals surface area contributed by atoms with Gasteiger partial charge in [0.15, 0.2) is 0 Å². The molecule has 0 N–H and O–H groups in total. The van der Waals surface area contributed by atoms with Crippen molar-refractivity contribution in [2.75, 3.05) is 14.1 Å². The average molecular weight is 280 g/mol. The molecule has 0 spiro atoms. The van der Waals surface area contributed by atoms with E-state index in [1.807, 2.05) is 18.2 Å². The average Bonchev–Trinajstić information content (AvgIpc) is 2.52. The molecule has 0 aliphatic carbocycles. The molecule has 4 heteroatoms. The minimum Gasteiger partial charge on any atom is -0.488 e. The number of ether oxygens (including phenoxy) is 1. The molecular weight excluding hydrogens is 264 g/mol. The third-order valence-electron chi connectivity index (χ3n) is 2.97. The number of hydrogen-bond acceptors (Lipinski definition) is 3. The van der Waals surface area contributed by atoms with Gasteiger partial charge >= 0.3 is 0 Å². The van der Waals surface area contributed by atoms with Gasteiger partial charge in [0.2, 0.25) is 0 Å². The summed E-state index contributed by atoms with van der Waals surface area (Å²) in [5.41, 5.74) is 2.01. The quantitative estimate of drug-likeness (QED) is 0.865. The Hall–Kier alpha value is -2.80. The summed E-state index contributed by atoms with van der Waals surface area (Å²) < 4.78 is 5.74. The smallest absolute Gasteiger partial charge is 0.257 e. The maximum atomic E-state index is 12.1. The van der Waals surface area contributed by atoms with Gasteiger partial charge in [-0.2, -0.15) is 5.26 Å². The van der Waals surface area contributed by atoms with E-state index in [9.17, 15) is 4.79 Å². The highest BCUT2D eigenvalue weighted by Gasteiger charge is 2.13. The summed E-state index contributed by atoms with van der Waals surface area (Å²) in [7, 11) is 3.41. The highest BCUT2D eigenvalue weighted by atomic mass is 16.5. The highest BCUT2D eigenvalue weighted by Crippen LogP contribution is 2.20. The highest BCUT2D eigenvalue weighted by molar-refractivity contribution is 5.96. The van der Waals surface area contributed by atoms with Gasteiger partial charge in [0.05, 0.1) is 17.2 Å². The van der Waals surface area contributed by atoms with Crippen molar-refractivity contribution in [3.05, 3.63) is 65.2 Å². The number of benzene rings is 2. The Kier molecular flexibility index (Phi) is 4.57. The first-order chi connectivity index (χ1) is 10.1. The molecule has 1 amide bonds. The van der Waals surface area contributed by atoms with Crippen LogP contribution < -0.4 is 4.74 Å². The van der Waals surface area contributed by atoms with Gasteiger partial charge in [0, 0.05) is 14.1 Å². The Balaban J connectivity index is 2.17. The summed E-state index contributed by atoms with van der Waals surface area (Å²) in [6, 6.07) is 16.5. The molecule has 0 bridgehead atoms. The maximum Gasteiger partial charge on any atom is 0.257 e. The van der Waals surface area contributed by atoms with Crippen LogP contribution in [0.3, 0.4) is 0 Å². The lowest BCUT2D eigenvalue weighted by Crippen LogP contribution is -2.22. The third-order valence-corrected chi connectivity index (χ3v) is 2.97. The van der Waals surface area contributed by atoms with Crippen molar-refractivity contribution in [2.24, 2.45) is 0 Å². The van der Waals surface area contributed by atoms with Crippen molar-refractivity contribution in [2.45, 2.75) is 6.61 Å². The number of rotatable bonds is 4. The summed E-state index contributed by atoms with van der Waals surface area (Å²) in [5, 5.41) is 8.88. The number of carbonyl (C=O) groups excluding carboxylic acids is 1. The number of nitriles is 1. The molecule has 21 heavy (non-hydrogen) atoms. The number of para-hydroxylation sites is 1. The van der Waals surface area contributed by atoms with E-state index in [-0.39, 0.29) is 5.91 Å². The second kappa shape index (κ2) is 6.58. The zero-order valence-electron chi connectivity index (χ0n) is 12.0. The minimum atomic E-state index is -0.101. The van der Waals surface area contributed by atoms with Crippen LogP contribution in [0.5, 0.6) is 5.75 Å². The molecule has 0 atom stereocenters. The fraction of sp³-hybridized carbons (Fsp3) is 0.176. The number of hydrogen-bond donors (Lipinski definition) is 0. The molecule has 2 aromatic rings. The lowest BCUT2D eigenvalue weighted by Gasteiger charge is -2.14. The van der Waals surface area contributed by atoms with Crippen molar-refractivity contribution in [1.82, 2.24) is 4.90 Å². The van der Waals surface area contributed by atoms with Gasteiger partial charge in [-0.15, -0.1) is 0 Å². The monoisotopic (exact) mass is 280 g/mol. The largest absolute Gasteiger partial charge is 0.488 e. The lowest BCUT2D eigenvalue weighted by molar-refractivity contribution is 0.0822. The van der Waals surface area contributed by atoms with E-state index in [4.69, 9.17) is 10.00 Å². The summed E-state index contributed by atoms with van der Waals surface area (Å²) in [4.78, 5) is 13.6. The molecule has 0 saturated heterocycles. The predicted octanol–water partition coefficient (Wildman–Crippen LogP) is 2.84. The number of carbonyl (C=O) groups is 1. The first kappa shape index (κ1) is 14.6. The Morgan fingerprint density at radius 3 is 2.67 bits per heavy atom. The van der Waals surface area contributed by atoms with Crippen LogP contribution in [0.4, 0.5) is 0 Å². The van der Waals surface area contributed by atoms with Crippen LogP contribution in [0.2, 0.25) is 0 Å². The molecule has 106 valence electrons. The summed E-state index contributed by atoms with van der Waals surface area (Å²) in [6.07, 6.45) is 0. The second-order valence-electron chi connectivity index (χ2n) is 4.80. The van der Waals surface area contributed by atoms with Gasteiger partial charge in [-0.05, 0) is 29.8 Å². The second-order valence-corrected chi connectivity index (χ2v) is 4.80. The Morgan fingerprint density at radius 2 is 1.95 bits per heavy atom. The van der Waals surface area contributed by atoms with E-state index >= 15 is 0 Å². The standard InChI is InChI=1S/C17H16N2O2/c1-19(2)17(20)15-8-3-4-9-16(15)21-12-14-7-5-6-13(10-14)11-18/h3-10H,12H2,1-2H3. The number of amides is 1. The predicted molar refractivity (Wildman–Crippen MR) is 79.9 cm³/mol. The van der Waals surface area contributed by atoms with Gasteiger partial charge in [-0.3, -0.25) is 4.79 Å². The summed E-state index contributed by atoms with van der Waals surface area (Å²) >= 11 is 0. The van der Waals surface area contributed by atoms with Crippen molar-refractivity contribution in [3.63, 3.8) is 0 Å². The number of nitrogens with zero attached hydrogens (tertiary/aromatic N) is 2. The Morgan fingerprint density at radius 1 is 1.19 bits per heavy atom. The van der Waals surface area contributed by atoms with E-state index in [0.29, 0.717) is 23.5 Å². The molecule has 2 rings (SSSR count). The molecule has 0 aliphatic heterocycles. The van der Waals surface area contributed by atoms with Gasteiger partial charge in [0.1, 0.15) is 12.4 Å². The van der Waals surface area contributed by atoms with E-state index in [0.717, 1.165) is 5.56 Å². The van der Waals surface area contributed by atoms with Gasteiger partial charge in [-0.1, -0.05) is 24.3 Å². The van der Waals surface area contributed by atoms with Gasteiger partial charge in [0.25, 0.3) is 5.91 Å². The molecule has 4 nitrogen and oxygen atoms in total. The first-order valence-corrected chi connectivity index (χ1v) is 6.54. The molecule has 0 aromatic heterocycles. The zero-order chi connectivity index (χ0) is 15.2. The zero-order valence-corrected chi connectivity index (χ0v) is 12.0. The molecule has 0 unspecified atom stereocenters. The maximum absolute atomic E-state index is 12.1. The van der Waals surface area contributed by atoms with Crippen molar-refractivity contribution in [3.8, 4) is 11.8 Å². The molecule has 2 aromatic carbocycles. The SMILES string of the molecule is CN(C)C(=O)c1ccccc1OCc1cccc(C#N)c1. The molecule has 0 fully saturated rings. The van der Waals surface area contributed by atoms with Crippen LogP contribution in [-0.4, -0.2) is 24.9 Å². The summed E-state index contributed by atoms with van der Waals surface area (Å²) in [5.74, 6) is 0.440. The first-order valence-electron chi connectivity index (χ1n) is 6.54. The third kappa shape index (κ3) is 3.61. The van der Waals surface area contributed by atoms with Crippen LogP contribution in [-0.2, 0) is 6.61 Å². The van der Waals surface area contributed by atoms with E-state index in [2.05, 4.69) is 6.07 Å².